The highest BCUT2D eigenvalue weighted by Gasteiger charge is 2.07. The highest BCUT2D eigenvalue weighted by atomic mass is 79.9. The van der Waals surface area contributed by atoms with Crippen molar-refractivity contribution in [3.8, 4) is 0 Å². The number of halogens is 1. The molecule has 0 saturated heterocycles. The minimum absolute atomic E-state index is 0.293. The van der Waals surface area contributed by atoms with Gasteiger partial charge in [-0.2, -0.15) is 0 Å². The van der Waals surface area contributed by atoms with Crippen LogP contribution in [0.4, 0.5) is 0 Å². The average Bonchev–Trinajstić information content (AvgIpc) is 2.41. The largest absolute Gasteiger partial charge is 0.462 e. The van der Waals surface area contributed by atoms with E-state index in [9.17, 15) is 4.79 Å². The van der Waals surface area contributed by atoms with Crippen molar-refractivity contribution in [1.29, 1.82) is 0 Å². The Kier molecular flexibility index (Phi) is 8.51. The minimum atomic E-state index is -0.293. The van der Waals surface area contributed by atoms with Crippen LogP contribution in [-0.4, -0.2) is 17.6 Å². The number of unbranched alkanes of at least 4 members (excludes halogenated alkanes) is 4. The number of hydrogen-bond donors (Lipinski definition) is 0. The number of rotatable bonds is 9. The zero-order valence-corrected chi connectivity index (χ0v) is 14.0. The fraction of sp³-hybridized carbons (Fsp3) is 0.625. The second kappa shape index (κ2) is 9.92. The minimum Gasteiger partial charge on any atom is -0.462 e. The van der Waals surface area contributed by atoms with Gasteiger partial charge in [-0.1, -0.05) is 46.0 Å². The van der Waals surface area contributed by atoms with Gasteiger partial charge in [0.25, 0.3) is 0 Å². The summed E-state index contributed by atoms with van der Waals surface area (Å²) in [5.41, 5.74) is 0.497. The number of esters is 1. The average molecular weight is 342 g/mol. The molecule has 112 valence electrons. The molecule has 0 N–H and O–H groups in total. The predicted molar refractivity (Wildman–Crippen MR) is 84.8 cm³/mol. The van der Waals surface area contributed by atoms with E-state index >= 15 is 0 Å². The molecular weight excluding hydrogens is 318 g/mol. The molecule has 20 heavy (non-hydrogen) atoms. The van der Waals surface area contributed by atoms with Gasteiger partial charge in [0.05, 0.1) is 12.2 Å². The molecule has 0 unspecified atom stereocenters. The molecule has 3 nitrogen and oxygen atoms in total. The first-order valence-electron chi connectivity index (χ1n) is 7.37. The van der Waals surface area contributed by atoms with Crippen LogP contribution < -0.4 is 0 Å². The van der Waals surface area contributed by atoms with E-state index in [1.807, 2.05) is 0 Å². The van der Waals surface area contributed by atoms with Crippen molar-refractivity contribution in [2.75, 3.05) is 6.61 Å². The van der Waals surface area contributed by atoms with Crippen LogP contribution in [0.1, 0.15) is 62.7 Å². The van der Waals surface area contributed by atoms with E-state index < -0.39 is 0 Å². The number of carbonyl (C=O) groups is 1. The number of hydrogen-bond acceptors (Lipinski definition) is 3. The zero-order valence-electron chi connectivity index (χ0n) is 12.4. The molecule has 1 aromatic heterocycles. The highest BCUT2D eigenvalue weighted by Crippen LogP contribution is 2.12. The Labute approximate surface area is 130 Å². The fourth-order valence-electron chi connectivity index (χ4n) is 1.96. The Morgan fingerprint density at radius 2 is 1.90 bits per heavy atom. The van der Waals surface area contributed by atoms with Gasteiger partial charge in [0.15, 0.2) is 0 Å². The van der Waals surface area contributed by atoms with Crippen LogP contribution in [0.5, 0.6) is 0 Å². The number of pyridine rings is 1. The van der Waals surface area contributed by atoms with Crippen LogP contribution in [0.2, 0.25) is 0 Å². The summed E-state index contributed by atoms with van der Waals surface area (Å²) < 4.78 is 6.02. The van der Waals surface area contributed by atoms with Crippen molar-refractivity contribution < 1.29 is 9.53 Å². The predicted octanol–water partition coefficient (Wildman–Crippen LogP) is 5.00. The Bertz CT molecular complexity index is 407. The molecule has 0 spiro atoms. The van der Waals surface area contributed by atoms with Crippen molar-refractivity contribution >= 4 is 21.9 Å². The summed E-state index contributed by atoms with van der Waals surface area (Å²) in [6, 6.07) is 1.72. The van der Waals surface area contributed by atoms with Gasteiger partial charge < -0.3 is 4.74 Å². The van der Waals surface area contributed by atoms with Gasteiger partial charge in [0.2, 0.25) is 0 Å². The second-order valence-corrected chi connectivity index (χ2v) is 6.39. The molecule has 0 aliphatic rings. The summed E-state index contributed by atoms with van der Waals surface area (Å²) >= 11 is 3.29. The van der Waals surface area contributed by atoms with E-state index in [1.54, 1.807) is 12.3 Å². The van der Waals surface area contributed by atoms with Gasteiger partial charge in [-0.05, 0) is 34.3 Å². The quantitative estimate of drug-likeness (QED) is 0.468. The standard InChI is InChI=1S/C16H24BrNO2/c1-13(2)8-6-4-3-5-7-9-20-16(19)14-10-15(17)12-18-11-14/h10-13H,3-9H2,1-2H3. The summed E-state index contributed by atoms with van der Waals surface area (Å²) in [4.78, 5) is 15.7. The molecule has 1 heterocycles. The molecule has 0 aliphatic heterocycles. The summed E-state index contributed by atoms with van der Waals surface area (Å²) in [5, 5.41) is 0. The lowest BCUT2D eigenvalue weighted by molar-refractivity contribution is 0.0497. The molecule has 0 radical (unpaired) electrons. The van der Waals surface area contributed by atoms with Crippen LogP contribution in [0.15, 0.2) is 22.9 Å². The lowest BCUT2D eigenvalue weighted by Crippen LogP contribution is -2.06. The molecule has 0 atom stereocenters. The number of aromatic nitrogens is 1. The van der Waals surface area contributed by atoms with Gasteiger partial charge in [-0.15, -0.1) is 0 Å². The molecule has 0 aliphatic carbocycles. The van der Waals surface area contributed by atoms with E-state index in [-0.39, 0.29) is 5.97 Å². The number of carbonyl (C=O) groups excluding carboxylic acids is 1. The van der Waals surface area contributed by atoms with Crippen molar-refractivity contribution in [3.63, 3.8) is 0 Å². The fourth-order valence-corrected chi connectivity index (χ4v) is 2.32. The summed E-state index contributed by atoms with van der Waals surface area (Å²) in [5.74, 6) is 0.508. The molecule has 0 saturated carbocycles. The molecule has 1 rings (SSSR count). The summed E-state index contributed by atoms with van der Waals surface area (Å²) in [6.45, 7) is 5.02. The smallest absolute Gasteiger partial charge is 0.339 e. The summed E-state index contributed by atoms with van der Waals surface area (Å²) in [6.07, 6.45) is 10.4. The molecule has 0 bridgehead atoms. The van der Waals surface area contributed by atoms with E-state index in [2.05, 4.69) is 34.8 Å². The first-order valence-corrected chi connectivity index (χ1v) is 8.16. The van der Waals surface area contributed by atoms with Crippen LogP contribution in [0.25, 0.3) is 0 Å². The Morgan fingerprint density at radius 3 is 2.60 bits per heavy atom. The first kappa shape index (κ1) is 17.2. The third kappa shape index (κ3) is 7.63. The summed E-state index contributed by atoms with van der Waals surface area (Å²) in [7, 11) is 0. The van der Waals surface area contributed by atoms with Crippen molar-refractivity contribution in [1.82, 2.24) is 4.98 Å². The maximum atomic E-state index is 11.7. The number of ether oxygens (including phenoxy) is 1. The normalized spacial score (nSPS) is 10.8. The molecule has 0 amide bonds. The van der Waals surface area contributed by atoms with Gasteiger partial charge >= 0.3 is 5.97 Å². The van der Waals surface area contributed by atoms with Gasteiger partial charge in [0, 0.05) is 16.9 Å². The van der Waals surface area contributed by atoms with E-state index in [4.69, 9.17) is 4.74 Å². The monoisotopic (exact) mass is 341 g/mol. The second-order valence-electron chi connectivity index (χ2n) is 5.48. The van der Waals surface area contributed by atoms with E-state index in [0.717, 1.165) is 23.2 Å². The van der Waals surface area contributed by atoms with Crippen LogP contribution in [0.3, 0.4) is 0 Å². The third-order valence-corrected chi connectivity index (χ3v) is 3.53. The molecule has 1 aromatic rings. The first-order chi connectivity index (χ1) is 9.59. The SMILES string of the molecule is CC(C)CCCCCCCOC(=O)c1cncc(Br)c1. The Morgan fingerprint density at radius 1 is 1.20 bits per heavy atom. The molecule has 0 aromatic carbocycles. The Balaban J connectivity index is 2.05. The van der Waals surface area contributed by atoms with E-state index in [1.165, 1.54) is 31.9 Å². The molecule has 0 fully saturated rings. The van der Waals surface area contributed by atoms with Crippen molar-refractivity contribution in [2.45, 2.75) is 52.4 Å². The van der Waals surface area contributed by atoms with Crippen LogP contribution in [0, 0.1) is 5.92 Å². The molecular formula is C16H24BrNO2. The molecule has 4 heteroatoms. The Hall–Kier alpha value is -0.900. The van der Waals surface area contributed by atoms with Gasteiger partial charge in [-0.3, -0.25) is 4.98 Å². The lowest BCUT2D eigenvalue weighted by atomic mass is 10.0. The van der Waals surface area contributed by atoms with Crippen LogP contribution in [-0.2, 0) is 4.74 Å². The maximum Gasteiger partial charge on any atom is 0.339 e. The zero-order chi connectivity index (χ0) is 14.8. The lowest BCUT2D eigenvalue weighted by Gasteiger charge is -2.06. The van der Waals surface area contributed by atoms with Gasteiger partial charge in [-0.25, -0.2) is 4.79 Å². The topological polar surface area (TPSA) is 39.2 Å². The number of nitrogens with zero attached hydrogens (tertiary/aromatic N) is 1. The van der Waals surface area contributed by atoms with Gasteiger partial charge in [0.1, 0.15) is 0 Å². The van der Waals surface area contributed by atoms with E-state index in [0.29, 0.717) is 12.2 Å². The third-order valence-electron chi connectivity index (χ3n) is 3.10. The van der Waals surface area contributed by atoms with Crippen LogP contribution >= 0.6 is 15.9 Å². The maximum absolute atomic E-state index is 11.7. The van der Waals surface area contributed by atoms with Crippen molar-refractivity contribution in [3.05, 3.63) is 28.5 Å². The van der Waals surface area contributed by atoms with Crippen molar-refractivity contribution in [2.24, 2.45) is 5.92 Å². The highest BCUT2D eigenvalue weighted by molar-refractivity contribution is 9.10.